The van der Waals surface area contributed by atoms with E-state index in [1.807, 2.05) is 38.1 Å². The summed E-state index contributed by atoms with van der Waals surface area (Å²) in [6, 6.07) is 7.85. The third-order valence-corrected chi connectivity index (χ3v) is 4.47. The minimum Gasteiger partial charge on any atom is -0.496 e. The fourth-order valence-electron chi connectivity index (χ4n) is 3.14. The minimum absolute atomic E-state index is 0. The van der Waals surface area contributed by atoms with E-state index in [-0.39, 0.29) is 18.3 Å². The van der Waals surface area contributed by atoms with Crippen molar-refractivity contribution in [3.63, 3.8) is 0 Å². The van der Waals surface area contributed by atoms with Crippen molar-refractivity contribution < 1.29 is 9.53 Å². The largest absolute Gasteiger partial charge is 0.496 e. The molecule has 1 aromatic rings. The summed E-state index contributed by atoms with van der Waals surface area (Å²) in [5.41, 5.74) is 0.574. The number of amides is 1. The molecule has 1 heterocycles. The topological polar surface area (TPSA) is 50.4 Å². The molecule has 23 heavy (non-hydrogen) atoms. The summed E-state index contributed by atoms with van der Waals surface area (Å²) in [6.07, 6.45) is 3.95. The first-order valence-electron chi connectivity index (χ1n) is 8.18. The third-order valence-electron chi connectivity index (χ3n) is 4.47. The monoisotopic (exact) mass is 340 g/mol. The van der Waals surface area contributed by atoms with Gasteiger partial charge in [-0.05, 0) is 58.2 Å². The zero-order chi connectivity index (χ0) is 16.0. The number of piperidine rings is 1. The molecule has 0 unspecified atom stereocenters. The van der Waals surface area contributed by atoms with Gasteiger partial charge in [-0.15, -0.1) is 12.4 Å². The average molecular weight is 341 g/mol. The van der Waals surface area contributed by atoms with Gasteiger partial charge in [-0.2, -0.15) is 0 Å². The second-order valence-corrected chi connectivity index (χ2v) is 6.61. The quantitative estimate of drug-likeness (QED) is 0.835. The fraction of sp³-hybridized carbons (Fsp3) is 0.611. The van der Waals surface area contributed by atoms with Crippen LogP contribution in [0, 0.1) is 5.92 Å². The van der Waals surface area contributed by atoms with Gasteiger partial charge in [-0.3, -0.25) is 4.79 Å². The van der Waals surface area contributed by atoms with Gasteiger partial charge in [0, 0.05) is 12.0 Å². The number of para-hydroxylation sites is 1. The smallest absolute Gasteiger partial charge is 0.220 e. The van der Waals surface area contributed by atoms with Gasteiger partial charge in [0.15, 0.2) is 0 Å². The Kier molecular flexibility index (Phi) is 7.86. The number of methoxy groups -OCH3 is 1. The predicted octanol–water partition coefficient (Wildman–Crippen LogP) is 3.25. The number of carbonyl (C=O) groups is 1. The van der Waals surface area contributed by atoms with Crippen molar-refractivity contribution in [2.75, 3.05) is 20.2 Å². The standard InChI is InChI=1S/C18H28N2O2.ClH/c1-18(2,15-6-4-5-7-16(15)22-3)20-17(21)9-8-14-10-12-19-13-11-14;/h4-7,14,19H,8-13H2,1-3H3,(H,20,21);1H. The Balaban J connectivity index is 0.00000264. The summed E-state index contributed by atoms with van der Waals surface area (Å²) in [5, 5.41) is 6.51. The van der Waals surface area contributed by atoms with Gasteiger partial charge in [0.25, 0.3) is 0 Å². The zero-order valence-electron chi connectivity index (χ0n) is 14.4. The second-order valence-electron chi connectivity index (χ2n) is 6.61. The lowest BCUT2D eigenvalue weighted by molar-refractivity contribution is -0.123. The normalized spacial score (nSPS) is 15.6. The van der Waals surface area contributed by atoms with Crippen LogP contribution in [-0.2, 0) is 10.3 Å². The molecule has 1 aliphatic rings. The van der Waals surface area contributed by atoms with Crippen molar-refractivity contribution in [2.24, 2.45) is 5.92 Å². The van der Waals surface area contributed by atoms with Crippen LogP contribution in [0.2, 0.25) is 0 Å². The number of hydrogen-bond donors (Lipinski definition) is 2. The molecule has 130 valence electrons. The van der Waals surface area contributed by atoms with Gasteiger partial charge in [0.05, 0.1) is 12.6 Å². The Morgan fingerprint density at radius 2 is 1.96 bits per heavy atom. The molecule has 0 aromatic heterocycles. The van der Waals surface area contributed by atoms with E-state index < -0.39 is 5.54 Å². The molecule has 1 aromatic carbocycles. The first kappa shape index (κ1) is 19.8. The van der Waals surface area contributed by atoms with Crippen LogP contribution in [0.15, 0.2) is 24.3 Å². The molecule has 1 saturated heterocycles. The van der Waals surface area contributed by atoms with Gasteiger partial charge in [-0.25, -0.2) is 0 Å². The van der Waals surface area contributed by atoms with Crippen LogP contribution in [0.3, 0.4) is 0 Å². The molecule has 0 aliphatic carbocycles. The number of rotatable bonds is 6. The van der Waals surface area contributed by atoms with Crippen molar-refractivity contribution in [1.82, 2.24) is 10.6 Å². The van der Waals surface area contributed by atoms with Crippen LogP contribution < -0.4 is 15.4 Å². The van der Waals surface area contributed by atoms with Crippen molar-refractivity contribution >= 4 is 18.3 Å². The van der Waals surface area contributed by atoms with E-state index in [2.05, 4.69) is 10.6 Å². The Hall–Kier alpha value is -1.26. The van der Waals surface area contributed by atoms with Crippen LogP contribution in [-0.4, -0.2) is 26.1 Å². The van der Waals surface area contributed by atoms with Gasteiger partial charge < -0.3 is 15.4 Å². The molecule has 0 saturated carbocycles. The Morgan fingerprint density at radius 1 is 1.30 bits per heavy atom. The van der Waals surface area contributed by atoms with Gasteiger partial charge in [0.2, 0.25) is 5.91 Å². The summed E-state index contributed by atoms with van der Waals surface area (Å²) < 4.78 is 5.41. The van der Waals surface area contributed by atoms with E-state index in [4.69, 9.17) is 4.74 Å². The Bertz CT molecular complexity index is 500. The van der Waals surface area contributed by atoms with Gasteiger partial charge in [0.1, 0.15) is 5.75 Å². The van der Waals surface area contributed by atoms with Crippen molar-refractivity contribution in [2.45, 2.75) is 45.1 Å². The molecule has 1 fully saturated rings. The van der Waals surface area contributed by atoms with Gasteiger partial charge >= 0.3 is 0 Å². The number of ether oxygens (including phenoxy) is 1. The average Bonchev–Trinajstić information content (AvgIpc) is 2.53. The summed E-state index contributed by atoms with van der Waals surface area (Å²) in [5.74, 6) is 1.61. The van der Waals surface area contributed by atoms with E-state index in [1.54, 1.807) is 7.11 Å². The van der Waals surface area contributed by atoms with Crippen LogP contribution in [0.5, 0.6) is 5.75 Å². The first-order valence-corrected chi connectivity index (χ1v) is 8.18. The third kappa shape index (κ3) is 5.70. The molecular weight excluding hydrogens is 312 g/mol. The highest BCUT2D eigenvalue weighted by Crippen LogP contribution is 2.29. The summed E-state index contributed by atoms with van der Waals surface area (Å²) in [4.78, 5) is 12.3. The molecule has 0 radical (unpaired) electrons. The highest BCUT2D eigenvalue weighted by molar-refractivity contribution is 5.85. The molecule has 0 atom stereocenters. The van der Waals surface area contributed by atoms with Crippen molar-refractivity contribution in [3.05, 3.63) is 29.8 Å². The van der Waals surface area contributed by atoms with Crippen LogP contribution in [0.25, 0.3) is 0 Å². The first-order chi connectivity index (χ1) is 10.5. The number of carbonyl (C=O) groups excluding carboxylic acids is 1. The molecule has 4 nitrogen and oxygen atoms in total. The lowest BCUT2D eigenvalue weighted by atomic mass is 9.91. The Labute approximate surface area is 145 Å². The van der Waals surface area contributed by atoms with E-state index in [9.17, 15) is 4.79 Å². The van der Waals surface area contributed by atoms with E-state index in [0.717, 1.165) is 30.8 Å². The molecule has 1 aliphatic heterocycles. The highest BCUT2D eigenvalue weighted by atomic mass is 35.5. The van der Waals surface area contributed by atoms with E-state index in [0.29, 0.717) is 12.3 Å². The maximum Gasteiger partial charge on any atom is 0.220 e. The summed E-state index contributed by atoms with van der Waals surface area (Å²) in [6.45, 7) is 6.21. The number of nitrogens with one attached hydrogen (secondary N) is 2. The molecule has 0 spiro atoms. The lowest BCUT2D eigenvalue weighted by Gasteiger charge is -2.29. The molecule has 0 bridgehead atoms. The molecule has 1 amide bonds. The predicted molar refractivity (Wildman–Crippen MR) is 96.2 cm³/mol. The van der Waals surface area contributed by atoms with Crippen LogP contribution in [0.4, 0.5) is 0 Å². The lowest BCUT2D eigenvalue weighted by Crippen LogP contribution is -2.41. The number of halogens is 1. The van der Waals surface area contributed by atoms with Crippen LogP contribution >= 0.6 is 12.4 Å². The summed E-state index contributed by atoms with van der Waals surface area (Å²) in [7, 11) is 1.66. The molecule has 2 rings (SSSR count). The minimum atomic E-state index is -0.433. The fourth-order valence-corrected chi connectivity index (χ4v) is 3.14. The number of benzene rings is 1. The number of hydrogen-bond acceptors (Lipinski definition) is 3. The van der Waals surface area contributed by atoms with Crippen LogP contribution in [0.1, 0.15) is 45.1 Å². The maximum atomic E-state index is 12.3. The second kappa shape index (κ2) is 9.14. The van der Waals surface area contributed by atoms with Crippen molar-refractivity contribution in [1.29, 1.82) is 0 Å². The zero-order valence-corrected chi connectivity index (χ0v) is 15.2. The summed E-state index contributed by atoms with van der Waals surface area (Å²) >= 11 is 0. The van der Waals surface area contributed by atoms with E-state index >= 15 is 0 Å². The Morgan fingerprint density at radius 3 is 2.61 bits per heavy atom. The van der Waals surface area contributed by atoms with Gasteiger partial charge in [-0.1, -0.05) is 18.2 Å². The highest BCUT2D eigenvalue weighted by Gasteiger charge is 2.26. The molecule has 2 N–H and O–H groups in total. The maximum absolute atomic E-state index is 12.3. The van der Waals surface area contributed by atoms with Crippen molar-refractivity contribution in [3.8, 4) is 5.75 Å². The molecular formula is C18H29ClN2O2. The molecule has 5 heteroatoms. The van der Waals surface area contributed by atoms with E-state index in [1.165, 1.54) is 12.8 Å². The SMILES string of the molecule is COc1ccccc1C(C)(C)NC(=O)CCC1CCNCC1.Cl.